The van der Waals surface area contributed by atoms with Crippen LogP contribution in [-0.4, -0.2) is 0 Å². The highest BCUT2D eigenvalue weighted by Crippen LogP contribution is 2.38. The molecule has 0 fully saturated rings. The van der Waals surface area contributed by atoms with Crippen LogP contribution >= 0.6 is 0 Å². The third-order valence-electron chi connectivity index (χ3n) is 4.02. The molecule has 0 aliphatic carbocycles. The van der Waals surface area contributed by atoms with E-state index in [4.69, 9.17) is 10.2 Å². The van der Waals surface area contributed by atoms with Gasteiger partial charge in [0.25, 0.3) is 0 Å². The first kappa shape index (κ1) is 12.0. The molecule has 0 saturated heterocycles. The number of furan rings is 1. The molecule has 0 bridgehead atoms. The Bertz CT molecular complexity index is 966. The van der Waals surface area contributed by atoms with Crippen molar-refractivity contribution in [3.63, 3.8) is 0 Å². The van der Waals surface area contributed by atoms with E-state index in [1.807, 2.05) is 43.3 Å². The van der Waals surface area contributed by atoms with Gasteiger partial charge in [-0.05, 0) is 18.6 Å². The Labute approximate surface area is 122 Å². The van der Waals surface area contributed by atoms with Crippen molar-refractivity contribution in [2.24, 2.45) is 0 Å². The van der Waals surface area contributed by atoms with E-state index in [0.29, 0.717) is 0 Å². The van der Waals surface area contributed by atoms with Crippen LogP contribution in [0.25, 0.3) is 33.1 Å². The average Bonchev–Trinajstić information content (AvgIpc) is 2.89. The van der Waals surface area contributed by atoms with Gasteiger partial charge in [0, 0.05) is 27.6 Å². The molecule has 102 valence electrons. The van der Waals surface area contributed by atoms with Gasteiger partial charge in [0.2, 0.25) is 0 Å². The first-order valence-electron chi connectivity index (χ1n) is 7.01. The summed E-state index contributed by atoms with van der Waals surface area (Å²) in [4.78, 5) is 0. The van der Waals surface area contributed by atoms with Crippen molar-refractivity contribution >= 4 is 27.6 Å². The molecule has 0 aliphatic heterocycles. The van der Waals surface area contributed by atoms with Crippen LogP contribution in [0.1, 0.15) is 5.56 Å². The zero-order valence-corrected chi connectivity index (χ0v) is 11.8. The largest absolute Gasteiger partial charge is 0.455 e. The third-order valence-corrected chi connectivity index (χ3v) is 4.02. The maximum atomic E-state index is 6.26. The normalized spacial score (nSPS) is 11.3. The van der Waals surface area contributed by atoms with E-state index in [1.165, 1.54) is 0 Å². The molecule has 0 saturated carbocycles. The molecule has 0 aliphatic rings. The molecule has 0 atom stereocenters. The summed E-state index contributed by atoms with van der Waals surface area (Å²) >= 11 is 0. The minimum atomic E-state index is 0.811. The molecular formula is C19H15NO. The highest BCUT2D eigenvalue weighted by molar-refractivity contribution is 6.10. The van der Waals surface area contributed by atoms with Crippen molar-refractivity contribution in [1.82, 2.24) is 0 Å². The Kier molecular flexibility index (Phi) is 2.51. The van der Waals surface area contributed by atoms with E-state index >= 15 is 0 Å². The molecule has 4 rings (SSSR count). The summed E-state index contributed by atoms with van der Waals surface area (Å²) in [7, 11) is 0. The number of hydrogen-bond acceptors (Lipinski definition) is 2. The molecular weight excluding hydrogens is 258 g/mol. The fraction of sp³-hybridized carbons (Fsp3) is 0.0526. The highest BCUT2D eigenvalue weighted by atomic mass is 16.3. The molecule has 0 amide bonds. The van der Waals surface area contributed by atoms with Crippen LogP contribution in [-0.2, 0) is 0 Å². The molecule has 2 N–H and O–H groups in total. The van der Waals surface area contributed by atoms with Crippen LogP contribution in [0.5, 0.6) is 0 Å². The summed E-state index contributed by atoms with van der Waals surface area (Å²) in [5.74, 6) is 0. The molecule has 0 unspecified atom stereocenters. The number of fused-ring (bicyclic) bond motifs is 3. The first-order valence-corrected chi connectivity index (χ1v) is 7.01. The lowest BCUT2D eigenvalue weighted by atomic mass is 9.99. The molecule has 21 heavy (non-hydrogen) atoms. The van der Waals surface area contributed by atoms with Crippen LogP contribution in [0.2, 0.25) is 0 Å². The number of rotatable bonds is 1. The Morgan fingerprint density at radius 3 is 2.38 bits per heavy atom. The quantitative estimate of drug-likeness (QED) is 0.487. The van der Waals surface area contributed by atoms with Gasteiger partial charge in [-0.15, -0.1) is 0 Å². The topological polar surface area (TPSA) is 39.2 Å². The molecule has 1 aromatic heterocycles. The Hall–Kier alpha value is -2.74. The standard InChI is InChI=1S/C19H15NO/c1-12-6-4-8-14(18(12)20)16-10-5-9-15-13-7-2-3-11-17(13)21-19(15)16/h2-11H,20H2,1H3. The summed E-state index contributed by atoms with van der Waals surface area (Å²) in [5, 5.41) is 2.27. The number of hydrogen-bond donors (Lipinski definition) is 1. The Morgan fingerprint density at radius 1 is 0.762 bits per heavy atom. The van der Waals surface area contributed by atoms with E-state index in [0.717, 1.165) is 44.3 Å². The summed E-state index contributed by atoms with van der Waals surface area (Å²) in [6.07, 6.45) is 0. The number of para-hydroxylation sites is 3. The van der Waals surface area contributed by atoms with Gasteiger partial charge in [0.15, 0.2) is 0 Å². The van der Waals surface area contributed by atoms with Crippen molar-refractivity contribution in [2.75, 3.05) is 5.73 Å². The van der Waals surface area contributed by atoms with E-state index in [1.54, 1.807) is 0 Å². The van der Waals surface area contributed by atoms with Crippen molar-refractivity contribution in [1.29, 1.82) is 0 Å². The Balaban J connectivity index is 2.12. The predicted octanol–water partition coefficient (Wildman–Crippen LogP) is 5.14. The minimum absolute atomic E-state index is 0.811. The minimum Gasteiger partial charge on any atom is -0.455 e. The molecule has 0 radical (unpaired) electrons. The number of benzene rings is 3. The van der Waals surface area contributed by atoms with E-state index in [9.17, 15) is 0 Å². The lowest BCUT2D eigenvalue weighted by Gasteiger charge is -2.08. The molecule has 3 aromatic carbocycles. The van der Waals surface area contributed by atoms with Gasteiger partial charge in [-0.3, -0.25) is 0 Å². The predicted molar refractivity (Wildman–Crippen MR) is 88.3 cm³/mol. The van der Waals surface area contributed by atoms with Crippen LogP contribution in [0, 0.1) is 6.92 Å². The second kappa shape index (κ2) is 4.38. The zero-order chi connectivity index (χ0) is 14.4. The smallest absolute Gasteiger partial charge is 0.143 e. The molecule has 2 nitrogen and oxygen atoms in total. The van der Waals surface area contributed by atoms with Crippen molar-refractivity contribution in [3.8, 4) is 11.1 Å². The average molecular weight is 273 g/mol. The van der Waals surface area contributed by atoms with Gasteiger partial charge in [-0.25, -0.2) is 0 Å². The summed E-state index contributed by atoms with van der Waals surface area (Å²) < 4.78 is 6.08. The fourth-order valence-corrected chi connectivity index (χ4v) is 2.87. The monoisotopic (exact) mass is 273 g/mol. The van der Waals surface area contributed by atoms with Gasteiger partial charge in [-0.1, -0.05) is 54.6 Å². The highest BCUT2D eigenvalue weighted by Gasteiger charge is 2.13. The van der Waals surface area contributed by atoms with Crippen molar-refractivity contribution in [2.45, 2.75) is 6.92 Å². The number of anilines is 1. The van der Waals surface area contributed by atoms with Crippen molar-refractivity contribution < 1.29 is 4.42 Å². The summed E-state index contributed by atoms with van der Waals surface area (Å²) in [6.45, 7) is 2.03. The lowest BCUT2D eigenvalue weighted by Crippen LogP contribution is -1.93. The fourth-order valence-electron chi connectivity index (χ4n) is 2.87. The van der Waals surface area contributed by atoms with Gasteiger partial charge < -0.3 is 10.2 Å². The summed E-state index contributed by atoms with van der Waals surface area (Å²) in [6, 6.07) is 20.4. The zero-order valence-electron chi connectivity index (χ0n) is 11.8. The number of nitrogen functional groups attached to an aromatic ring is 1. The van der Waals surface area contributed by atoms with E-state index in [2.05, 4.69) is 24.3 Å². The van der Waals surface area contributed by atoms with Gasteiger partial charge in [0.05, 0.1) is 0 Å². The second-order valence-electron chi connectivity index (χ2n) is 5.32. The SMILES string of the molecule is Cc1cccc(-c2cccc3c2oc2ccccc23)c1N. The molecule has 1 heterocycles. The van der Waals surface area contributed by atoms with Gasteiger partial charge in [-0.2, -0.15) is 0 Å². The lowest BCUT2D eigenvalue weighted by molar-refractivity contribution is 0.670. The Morgan fingerprint density at radius 2 is 1.48 bits per heavy atom. The van der Waals surface area contributed by atoms with E-state index < -0.39 is 0 Å². The van der Waals surface area contributed by atoms with Crippen molar-refractivity contribution in [3.05, 3.63) is 66.2 Å². The third kappa shape index (κ3) is 1.73. The van der Waals surface area contributed by atoms with E-state index in [-0.39, 0.29) is 0 Å². The second-order valence-corrected chi connectivity index (χ2v) is 5.32. The number of aryl methyl sites for hydroxylation is 1. The van der Waals surface area contributed by atoms with Gasteiger partial charge in [0.1, 0.15) is 11.2 Å². The van der Waals surface area contributed by atoms with Crippen LogP contribution in [0.4, 0.5) is 5.69 Å². The maximum Gasteiger partial charge on any atom is 0.143 e. The molecule has 2 heteroatoms. The van der Waals surface area contributed by atoms with Crippen LogP contribution in [0.15, 0.2) is 65.1 Å². The first-order chi connectivity index (χ1) is 10.3. The number of nitrogens with two attached hydrogens (primary N) is 1. The summed E-state index contributed by atoms with van der Waals surface area (Å²) in [5.41, 5.74) is 12.0. The molecule has 4 aromatic rings. The van der Waals surface area contributed by atoms with Crippen LogP contribution < -0.4 is 5.73 Å². The van der Waals surface area contributed by atoms with Gasteiger partial charge >= 0.3 is 0 Å². The van der Waals surface area contributed by atoms with Crippen LogP contribution in [0.3, 0.4) is 0 Å². The maximum absolute atomic E-state index is 6.26. The molecule has 0 spiro atoms.